The molecule has 0 unspecified atom stereocenters. The second-order valence-electron chi connectivity index (χ2n) is 4.46. The van der Waals surface area contributed by atoms with Gasteiger partial charge >= 0.3 is 0 Å². The van der Waals surface area contributed by atoms with Crippen LogP contribution in [-0.2, 0) is 21.7 Å². The fourth-order valence-electron chi connectivity index (χ4n) is 2.04. The molecule has 0 aliphatic carbocycles. The van der Waals surface area contributed by atoms with E-state index in [0.717, 1.165) is 13.1 Å². The first-order chi connectivity index (χ1) is 8.55. The average Bonchev–Trinajstić information content (AvgIpc) is 2.39. The van der Waals surface area contributed by atoms with Gasteiger partial charge in [0.25, 0.3) is 0 Å². The van der Waals surface area contributed by atoms with Crippen LogP contribution in [0.2, 0.25) is 0 Å². The van der Waals surface area contributed by atoms with Crippen LogP contribution in [0.25, 0.3) is 0 Å². The number of likely N-dealkylation sites (N-methyl/N-ethyl adjacent to an activating group) is 1. The molecule has 1 aromatic rings. The van der Waals surface area contributed by atoms with Crippen molar-refractivity contribution in [1.29, 1.82) is 0 Å². The normalized spacial score (nSPS) is 19.0. The Morgan fingerprint density at radius 3 is 2.33 bits per heavy atom. The minimum atomic E-state index is -3.52. The van der Waals surface area contributed by atoms with Gasteiger partial charge in [-0.1, -0.05) is 18.2 Å². The Kier molecular flexibility index (Phi) is 4.01. The summed E-state index contributed by atoms with van der Waals surface area (Å²) in [7, 11) is -1.55. The van der Waals surface area contributed by atoms with Crippen molar-refractivity contribution < 1.29 is 13.5 Å². The zero-order chi connectivity index (χ0) is 13.2. The average molecular weight is 269 g/mol. The largest absolute Gasteiger partial charge is 0.304 e. The minimum Gasteiger partial charge on any atom is -0.304 e. The van der Waals surface area contributed by atoms with E-state index in [2.05, 4.69) is 4.90 Å². The van der Waals surface area contributed by atoms with E-state index in [4.69, 9.17) is 0 Å². The number of sulfonamides is 1. The number of benzene rings is 1. The van der Waals surface area contributed by atoms with E-state index in [1.54, 1.807) is 18.2 Å². The maximum atomic E-state index is 12.4. The quantitative estimate of drug-likeness (QED) is 0.805. The fraction of sp³-hybridized carbons (Fsp3) is 0.500. The Labute approximate surface area is 108 Å². The van der Waals surface area contributed by atoms with Crippen molar-refractivity contribution in [2.24, 2.45) is 0 Å². The molecule has 1 fully saturated rings. The maximum Gasteiger partial charge on any atom is 0.243 e. The summed E-state index contributed by atoms with van der Waals surface area (Å²) in [6, 6.07) is 6.44. The predicted octanol–water partition coefficient (Wildman–Crippen LogP) is 0.553. The van der Waals surface area contributed by atoms with Crippen LogP contribution in [0, 0.1) is 0 Å². The van der Waals surface area contributed by atoms with Gasteiger partial charge in [-0.25, -0.2) is 13.5 Å². The highest BCUT2D eigenvalue weighted by molar-refractivity contribution is 7.89. The van der Waals surface area contributed by atoms with Crippen molar-refractivity contribution in [2.45, 2.75) is 11.5 Å². The minimum absolute atomic E-state index is 0.157. The standard InChI is InChI=1S/C12H17N2O3S/c1-13-6-8-14(9-7-13)18(16,17)12-5-3-2-4-11(12)10-15/h2-5H,6-10H2,1H3. The van der Waals surface area contributed by atoms with Gasteiger partial charge in [-0.3, -0.25) is 0 Å². The van der Waals surface area contributed by atoms with Gasteiger partial charge in [0, 0.05) is 31.7 Å². The van der Waals surface area contributed by atoms with Crippen molar-refractivity contribution in [3.05, 3.63) is 29.8 Å². The molecule has 0 atom stereocenters. The van der Waals surface area contributed by atoms with E-state index in [-0.39, 0.29) is 4.90 Å². The molecule has 0 N–H and O–H groups in total. The van der Waals surface area contributed by atoms with Crippen LogP contribution in [0.5, 0.6) is 0 Å². The van der Waals surface area contributed by atoms with Crippen molar-refractivity contribution in [3.63, 3.8) is 0 Å². The summed E-state index contributed by atoms with van der Waals surface area (Å²) in [6.07, 6.45) is 0. The molecular weight excluding hydrogens is 252 g/mol. The highest BCUT2D eigenvalue weighted by Crippen LogP contribution is 2.21. The summed E-state index contributed by atoms with van der Waals surface area (Å²) in [5.41, 5.74) is 0.344. The summed E-state index contributed by atoms with van der Waals surface area (Å²) >= 11 is 0. The van der Waals surface area contributed by atoms with E-state index in [1.165, 1.54) is 10.4 Å². The molecule has 6 heteroatoms. The molecule has 99 valence electrons. The predicted molar refractivity (Wildman–Crippen MR) is 67.1 cm³/mol. The molecule has 0 aromatic heterocycles. The smallest absolute Gasteiger partial charge is 0.243 e. The molecule has 18 heavy (non-hydrogen) atoms. The lowest BCUT2D eigenvalue weighted by atomic mass is 10.2. The van der Waals surface area contributed by atoms with E-state index in [9.17, 15) is 13.5 Å². The molecule has 1 heterocycles. The third kappa shape index (κ3) is 2.56. The Balaban J connectivity index is 2.30. The SMILES string of the molecule is CN1CCN(S(=O)(=O)c2ccccc2C[O])CC1. The molecule has 0 spiro atoms. The molecule has 1 radical (unpaired) electrons. The van der Waals surface area contributed by atoms with Gasteiger partial charge in [0.2, 0.25) is 10.0 Å². The first-order valence-corrected chi connectivity index (χ1v) is 7.34. The number of hydrogen-bond donors (Lipinski definition) is 0. The first-order valence-electron chi connectivity index (χ1n) is 5.90. The third-order valence-electron chi connectivity index (χ3n) is 3.21. The highest BCUT2D eigenvalue weighted by atomic mass is 32.2. The molecular formula is C12H17N2O3S. The van der Waals surface area contributed by atoms with Gasteiger partial charge in [-0.2, -0.15) is 4.31 Å². The number of rotatable bonds is 3. The lowest BCUT2D eigenvalue weighted by molar-refractivity contribution is 0.174. The summed E-state index contributed by atoms with van der Waals surface area (Å²) < 4.78 is 26.3. The monoisotopic (exact) mass is 269 g/mol. The van der Waals surface area contributed by atoms with Crippen LogP contribution in [-0.4, -0.2) is 50.8 Å². The summed E-state index contributed by atoms with van der Waals surface area (Å²) in [6.45, 7) is 1.89. The van der Waals surface area contributed by atoms with Crippen LogP contribution in [0.4, 0.5) is 0 Å². The Hall–Kier alpha value is -0.950. The van der Waals surface area contributed by atoms with E-state index >= 15 is 0 Å². The first kappa shape index (κ1) is 13.5. The van der Waals surface area contributed by atoms with Gasteiger partial charge in [0.1, 0.15) is 6.61 Å². The zero-order valence-electron chi connectivity index (χ0n) is 10.4. The molecule has 1 aromatic carbocycles. The molecule has 2 rings (SSSR count). The number of nitrogens with zero attached hydrogens (tertiary/aromatic N) is 2. The van der Waals surface area contributed by atoms with Crippen LogP contribution in [0.15, 0.2) is 29.2 Å². The topological polar surface area (TPSA) is 60.5 Å². The van der Waals surface area contributed by atoms with E-state index in [1.807, 2.05) is 7.05 Å². The lowest BCUT2D eigenvalue weighted by Gasteiger charge is -2.31. The molecule has 0 amide bonds. The second-order valence-corrected chi connectivity index (χ2v) is 6.37. The molecule has 5 nitrogen and oxygen atoms in total. The lowest BCUT2D eigenvalue weighted by Crippen LogP contribution is -2.47. The van der Waals surface area contributed by atoms with E-state index in [0.29, 0.717) is 18.7 Å². The van der Waals surface area contributed by atoms with Gasteiger partial charge in [-0.15, -0.1) is 0 Å². The highest BCUT2D eigenvalue weighted by Gasteiger charge is 2.28. The van der Waals surface area contributed by atoms with Crippen molar-refractivity contribution in [1.82, 2.24) is 9.21 Å². The van der Waals surface area contributed by atoms with Crippen LogP contribution in [0.3, 0.4) is 0 Å². The van der Waals surface area contributed by atoms with Gasteiger partial charge in [0.05, 0.1) is 4.90 Å². The maximum absolute atomic E-state index is 12.4. The van der Waals surface area contributed by atoms with Crippen molar-refractivity contribution >= 4 is 10.0 Å². The number of hydrogen-bond acceptors (Lipinski definition) is 3. The summed E-state index contributed by atoms with van der Waals surface area (Å²) in [4.78, 5) is 2.25. The Morgan fingerprint density at radius 2 is 1.72 bits per heavy atom. The summed E-state index contributed by atoms with van der Waals surface area (Å²) in [5, 5.41) is 11.0. The van der Waals surface area contributed by atoms with Crippen molar-refractivity contribution in [3.8, 4) is 0 Å². The second kappa shape index (κ2) is 5.36. The van der Waals surface area contributed by atoms with Gasteiger partial charge < -0.3 is 4.90 Å². The van der Waals surface area contributed by atoms with Crippen molar-refractivity contribution in [2.75, 3.05) is 33.2 Å². The molecule has 1 saturated heterocycles. The summed E-state index contributed by atoms with van der Waals surface area (Å²) in [5.74, 6) is 0. The third-order valence-corrected chi connectivity index (χ3v) is 5.21. The molecule has 0 saturated carbocycles. The fourth-order valence-corrected chi connectivity index (χ4v) is 3.67. The van der Waals surface area contributed by atoms with Crippen LogP contribution < -0.4 is 0 Å². The van der Waals surface area contributed by atoms with Crippen LogP contribution >= 0.6 is 0 Å². The van der Waals surface area contributed by atoms with Gasteiger partial charge in [-0.05, 0) is 13.1 Å². The van der Waals surface area contributed by atoms with Crippen LogP contribution in [0.1, 0.15) is 5.56 Å². The number of piperazine rings is 1. The Bertz CT molecular complexity index is 508. The Morgan fingerprint density at radius 1 is 1.11 bits per heavy atom. The molecule has 1 aliphatic heterocycles. The van der Waals surface area contributed by atoms with Gasteiger partial charge in [0.15, 0.2) is 0 Å². The molecule has 1 aliphatic rings. The zero-order valence-corrected chi connectivity index (χ0v) is 11.2. The molecule has 0 bridgehead atoms. The van der Waals surface area contributed by atoms with E-state index < -0.39 is 16.6 Å².